The maximum Gasteiger partial charge on any atom is 0.241 e. The van der Waals surface area contributed by atoms with E-state index in [1.54, 1.807) is 0 Å². The topological polar surface area (TPSA) is 67.9 Å². The van der Waals surface area contributed by atoms with Crippen molar-refractivity contribution in [2.45, 2.75) is 50.2 Å². The molecule has 4 atom stereocenters. The normalized spacial score (nSPS) is 33.5. The third-order valence-electron chi connectivity index (χ3n) is 5.77. The van der Waals surface area contributed by atoms with Gasteiger partial charge in [0.25, 0.3) is 0 Å². The Morgan fingerprint density at radius 1 is 1.29 bits per heavy atom. The molecule has 2 saturated heterocycles. The fourth-order valence-electron chi connectivity index (χ4n) is 4.43. The van der Waals surface area contributed by atoms with Gasteiger partial charge in [-0.3, -0.25) is 15.0 Å². The summed E-state index contributed by atoms with van der Waals surface area (Å²) in [4.78, 5) is 29.1. The van der Waals surface area contributed by atoms with Crippen molar-refractivity contribution >= 4 is 11.8 Å². The fourth-order valence-corrected chi connectivity index (χ4v) is 4.43. The van der Waals surface area contributed by atoms with Crippen LogP contribution in [0.15, 0.2) is 0 Å². The highest BCUT2D eigenvalue weighted by molar-refractivity contribution is 5.84. The average molecular weight is 337 g/mol. The first-order chi connectivity index (χ1) is 11.5. The van der Waals surface area contributed by atoms with Gasteiger partial charge in [-0.15, -0.1) is 0 Å². The van der Waals surface area contributed by atoms with E-state index in [1.807, 2.05) is 26.0 Å². The number of rotatable bonds is 5. The van der Waals surface area contributed by atoms with Gasteiger partial charge >= 0.3 is 0 Å². The average Bonchev–Trinajstić information content (AvgIpc) is 3.05. The molecule has 0 aromatic rings. The molecule has 0 aromatic heterocycles. The number of amides is 2. The number of hydrazine groups is 1. The van der Waals surface area contributed by atoms with Crippen molar-refractivity contribution < 1.29 is 9.59 Å². The van der Waals surface area contributed by atoms with Crippen molar-refractivity contribution in [1.29, 1.82) is 0 Å². The van der Waals surface area contributed by atoms with Crippen LogP contribution in [0.5, 0.6) is 0 Å². The Morgan fingerprint density at radius 3 is 2.83 bits per heavy atom. The van der Waals surface area contributed by atoms with Crippen molar-refractivity contribution in [2.75, 3.05) is 40.8 Å². The number of nitrogens with zero attached hydrogens (tertiary/aromatic N) is 3. The van der Waals surface area contributed by atoms with Gasteiger partial charge in [-0.2, -0.15) is 0 Å². The first-order valence-electron chi connectivity index (χ1n) is 9.20. The molecular formula is C17H31N5O2. The highest BCUT2D eigenvalue weighted by Crippen LogP contribution is 2.36. The summed E-state index contributed by atoms with van der Waals surface area (Å²) in [6.07, 6.45) is 4.52. The largest absolute Gasteiger partial charge is 0.356 e. The zero-order valence-electron chi connectivity index (χ0n) is 15.1. The summed E-state index contributed by atoms with van der Waals surface area (Å²) in [5.74, 6) is 0.387. The van der Waals surface area contributed by atoms with Crippen molar-refractivity contribution in [3.8, 4) is 0 Å². The molecule has 2 amide bonds. The van der Waals surface area contributed by atoms with E-state index in [1.165, 1.54) is 0 Å². The molecule has 7 nitrogen and oxygen atoms in total. The van der Waals surface area contributed by atoms with Crippen molar-refractivity contribution in [2.24, 2.45) is 5.92 Å². The van der Waals surface area contributed by atoms with Crippen molar-refractivity contribution in [1.82, 2.24) is 25.6 Å². The van der Waals surface area contributed by atoms with Gasteiger partial charge in [-0.1, -0.05) is 0 Å². The van der Waals surface area contributed by atoms with E-state index < -0.39 is 0 Å². The number of likely N-dealkylation sites (N-methyl/N-ethyl adjacent to an activating group) is 1. The summed E-state index contributed by atoms with van der Waals surface area (Å²) in [7, 11) is 5.99. The van der Waals surface area contributed by atoms with E-state index in [0.717, 1.165) is 51.7 Å². The van der Waals surface area contributed by atoms with Gasteiger partial charge in [0.15, 0.2) is 0 Å². The number of nitrogens with one attached hydrogen (secondary N) is 2. The van der Waals surface area contributed by atoms with Crippen molar-refractivity contribution in [3.63, 3.8) is 0 Å². The van der Waals surface area contributed by atoms with Gasteiger partial charge in [0.1, 0.15) is 6.04 Å². The second-order valence-corrected chi connectivity index (χ2v) is 7.66. The molecule has 3 aliphatic rings. The van der Waals surface area contributed by atoms with E-state index in [9.17, 15) is 9.59 Å². The number of hydrogen-bond acceptors (Lipinski definition) is 5. The molecule has 4 unspecified atom stereocenters. The van der Waals surface area contributed by atoms with Gasteiger partial charge in [0.05, 0.1) is 0 Å². The maximum atomic E-state index is 12.6. The van der Waals surface area contributed by atoms with Crippen LogP contribution in [0.3, 0.4) is 0 Å². The first-order valence-corrected chi connectivity index (χ1v) is 9.20. The number of hydrogen-bond donors (Lipinski definition) is 2. The number of carbonyl (C=O) groups is 2. The lowest BCUT2D eigenvalue weighted by Gasteiger charge is -2.50. The Bertz CT molecular complexity index is 484. The van der Waals surface area contributed by atoms with Gasteiger partial charge in [-0.25, -0.2) is 5.01 Å². The Morgan fingerprint density at radius 2 is 2.08 bits per heavy atom. The quantitative estimate of drug-likeness (QED) is 0.671. The standard InChI is InChI=1S/C17H31N5O2/c1-20(2)10-4-8-18-16(23)12-5-6-13-15(11-12)21(3)17(24)14-7-9-19-22(13)14/h12-15,19H,4-11H2,1-3H3,(H,18,23). The van der Waals surface area contributed by atoms with Crippen LogP contribution in [0.2, 0.25) is 0 Å². The van der Waals surface area contributed by atoms with E-state index in [-0.39, 0.29) is 29.8 Å². The molecule has 2 heterocycles. The van der Waals surface area contributed by atoms with Gasteiger partial charge < -0.3 is 15.1 Å². The van der Waals surface area contributed by atoms with Gasteiger partial charge in [-0.05, 0) is 52.7 Å². The van der Waals surface area contributed by atoms with Crippen molar-refractivity contribution in [3.05, 3.63) is 0 Å². The molecule has 24 heavy (non-hydrogen) atoms. The Balaban J connectivity index is 1.55. The monoisotopic (exact) mass is 337 g/mol. The molecule has 2 aliphatic heterocycles. The number of piperazine rings is 1. The summed E-state index contributed by atoms with van der Waals surface area (Å²) >= 11 is 0. The third-order valence-corrected chi connectivity index (χ3v) is 5.77. The molecule has 0 spiro atoms. The van der Waals surface area contributed by atoms with Crippen LogP contribution < -0.4 is 10.7 Å². The minimum atomic E-state index is -0.00680. The molecule has 1 aliphatic carbocycles. The SMILES string of the molecule is CN(C)CCCNC(=O)C1CCC2C(C1)N(C)C(=O)C1CCNN12. The van der Waals surface area contributed by atoms with E-state index in [4.69, 9.17) is 0 Å². The summed E-state index contributed by atoms with van der Waals surface area (Å²) in [5, 5.41) is 5.26. The zero-order chi connectivity index (χ0) is 17.3. The second kappa shape index (κ2) is 7.37. The van der Waals surface area contributed by atoms with Crippen LogP contribution in [-0.2, 0) is 9.59 Å². The Hall–Kier alpha value is -1.18. The van der Waals surface area contributed by atoms with E-state index in [0.29, 0.717) is 6.04 Å². The van der Waals surface area contributed by atoms with Gasteiger partial charge in [0.2, 0.25) is 11.8 Å². The number of fused-ring (bicyclic) bond motifs is 3. The number of carbonyl (C=O) groups excluding carboxylic acids is 2. The highest BCUT2D eigenvalue weighted by atomic mass is 16.2. The van der Waals surface area contributed by atoms with Crippen LogP contribution >= 0.6 is 0 Å². The second-order valence-electron chi connectivity index (χ2n) is 7.66. The summed E-state index contributed by atoms with van der Waals surface area (Å²) in [6, 6.07) is 0.483. The molecule has 3 rings (SSSR count). The van der Waals surface area contributed by atoms with E-state index in [2.05, 4.69) is 20.7 Å². The summed E-state index contributed by atoms with van der Waals surface area (Å²) in [5.41, 5.74) is 3.39. The molecule has 136 valence electrons. The van der Waals surface area contributed by atoms with Crippen LogP contribution in [0, 0.1) is 5.92 Å². The summed E-state index contributed by atoms with van der Waals surface area (Å²) in [6.45, 7) is 2.59. The first kappa shape index (κ1) is 17.6. The minimum Gasteiger partial charge on any atom is -0.356 e. The lowest BCUT2D eigenvalue weighted by molar-refractivity contribution is -0.153. The molecule has 2 N–H and O–H groups in total. The molecular weight excluding hydrogens is 306 g/mol. The van der Waals surface area contributed by atoms with Gasteiger partial charge in [0, 0.05) is 38.1 Å². The fraction of sp³-hybridized carbons (Fsp3) is 0.882. The molecule has 7 heteroatoms. The van der Waals surface area contributed by atoms with Crippen LogP contribution in [-0.4, -0.2) is 85.5 Å². The third kappa shape index (κ3) is 3.43. The smallest absolute Gasteiger partial charge is 0.241 e. The lowest BCUT2D eigenvalue weighted by atomic mass is 9.79. The minimum absolute atomic E-state index is 0.00680. The molecule has 1 saturated carbocycles. The van der Waals surface area contributed by atoms with Crippen LogP contribution in [0.1, 0.15) is 32.1 Å². The molecule has 0 bridgehead atoms. The Labute approximate surface area is 144 Å². The van der Waals surface area contributed by atoms with E-state index >= 15 is 0 Å². The highest BCUT2D eigenvalue weighted by Gasteiger charge is 2.50. The molecule has 0 aromatic carbocycles. The molecule has 0 radical (unpaired) electrons. The lowest BCUT2D eigenvalue weighted by Crippen LogP contribution is -2.67. The maximum absolute atomic E-state index is 12.6. The van der Waals surface area contributed by atoms with Crippen LogP contribution in [0.4, 0.5) is 0 Å². The predicted octanol–water partition coefficient (Wildman–Crippen LogP) is -0.357. The zero-order valence-corrected chi connectivity index (χ0v) is 15.1. The molecule has 3 fully saturated rings. The van der Waals surface area contributed by atoms with Crippen LogP contribution in [0.25, 0.3) is 0 Å². The Kier molecular flexibility index (Phi) is 5.42. The predicted molar refractivity (Wildman–Crippen MR) is 92.1 cm³/mol. The summed E-state index contributed by atoms with van der Waals surface area (Å²) < 4.78 is 0.